The summed E-state index contributed by atoms with van der Waals surface area (Å²) in [7, 11) is 1.11. The molecule has 0 radical (unpaired) electrons. The highest BCUT2D eigenvalue weighted by Gasteiger charge is 2.23. The summed E-state index contributed by atoms with van der Waals surface area (Å²) >= 11 is 18.0. The van der Waals surface area contributed by atoms with E-state index in [2.05, 4.69) is 10.1 Å². The van der Waals surface area contributed by atoms with Gasteiger partial charge in [0.15, 0.2) is 0 Å². The zero-order valence-corrected chi connectivity index (χ0v) is 18.5. The zero-order chi connectivity index (χ0) is 23.4. The molecule has 3 aromatic carbocycles. The lowest BCUT2D eigenvalue weighted by atomic mass is 10.1. The van der Waals surface area contributed by atoms with Crippen LogP contribution in [0.2, 0.25) is 15.1 Å². The first-order chi connectivity index (χ1) is 15.2. The number of anilines is 1. The zero-order valence-electron chi connectivity index (χ0n) is 16.2. The summed E-state index contributed by atoms with van der Waals surface area (Å²) in [6, 6.07) is 12.7. The molecule has 32 heavy (non-hydrogen) atoms. The molecular weight excluding hydrogens is 483 g/mol. The van der Waals surface area contributed by atoms with Crippen LogP contribution in [-0.2, 0) is 4.74 Å². The summed E-state index contributed by atoms with van der Waals surface area (Å²) < 4.78 is 10.2. The monoisotopic (exact) mass is 494 g/mol. The van der Waals surface area contributed by atoms with Crippen LogP contribution in [0.1, 0.15) is 20.7 Å². The molecule has 0 aliphatic rings. The Kier molecular flexibility index (Phi) is 7.19. The van der Waals surface area contributed by atoms with Crippen LogP contribution in [0.25, 0.3) is 0 Å². The van der Waals surface area contributed by atoms with Crippen LogP contribution in [0.15, 0.2) is 54.6 Å². The number of esters is 1. The molecule has 3 aromatic rings. The fraction of sp³-hybridized carbons (Fsp3) is 0.0476. The van der Waals surface area contributed by atoms with Crippen molar-refractivity contribution in [1.29, 1.82) is 0 Å². The standard InChI is InChI=1S/C21H13Cl3N2O6/c1-31-21(28)14-7-2-11(8-18(14)26(29)30)20(27)25-12-3-5-13(6-4-12)32-19-10-16(23)15(22)9-17(19)24/h2-10H,1H3,(H,25,27). The lowest BCUT2D eigenvalue weighted by Crippen LogP contribution is -2.13. The SMILES string of the molecule is COC(=O)c1ccc(C(=O)Nc2ccc(Oc3cc(Cl)c(Cl)cc3Cl)cc2)cc1[N+](=O)[O-]. The average Bonchev–Trinajstić information content (AvgIpc) is 2.77. The smallest absolute Gasteiger partial charge is 0.344 e. The van der Waals surface area contributed by atoms with Crippen LogP contribution in [0.5, 0.6) is 11.5 Å². The third kappa shape index (κ3) is 5.28. The molecule has 0 fully saturated rings. The molecule has 3 rings (SSSR count). The molecule has 0 unspecified atom stereocenters. The summed E-state index contributed by atoms with van der Waals surface area (Å²) in [5.74, 6) is -0.760. The third-order valence-corrected chi connectivity index (χ3v) is 5.19. The van der Waals surface area contributed by atoms with Gasteiger partial charge in [-0.2, -0.15) is 0 Å². The molecule has 0 saturated carbocycles. The number of rotatable bonds is 6. The van der Waals surface area contributed by atoms with Crippen LogP contribution < -0.4 is 10.1 Å². The van der Waals surface area contributed by atoms with Crippen LogP contribution in [-0.4, -0.2) is 23.9 Å². The molecule has 164 valence electrons. The molecule has 0 saturated heterocycles. The van der Waals surface area contributed by atoms with Gasteiger partial charge in [0, 0.05) is 23.4 Å². The highest BCUT2D eigenvalue weighted by Crippen LogP contribution is 2.36. The summed E-state index contributed by atoms with van der Waals surface area (Å²) in [6.45, 7) is 0. The van der Waals surface area contributed by atoms with Crippen molar-refractivity contribution in [2.45, 2.75) is 0 Å². The number of nitrogens with one attached hydrogen (secondary N) is 1. The van der Waals surface area contributed by atoms with Gasteiger partial charge in [-0.3, -0.25) is 14.9 Å². The van der Waals surface area contributed by atoms with E-state index in [0.717, 1.165) is 19.2 Å². The summed E-state index contributed by atoms with van der Waals surface area (Å²) in [5.41, 5.74) is -0.391. The van der Waals surface area contributed by atoms with Gasteiger partial charge in [-0.1, -0.05) is 34.8 Å². The van der Waals surface area contributed by atoms with Gasteiger partial charge in [0.05, 0.1) is 27.1 Å². The molecule has 0 bridgehead atoms. The summed E-state index contributed by atoms with van der Waals surface area (Å²) in [4.78, 5) is 34.7. The van der Waals surface area contributed by atoms with Gasteiger partial charge in [0.25, 0.3) is 11.6 Å². The first-order valence-electron chi connectivity index (χ1n) is 8.80. The minimum absolute atomic E-state index is 0.00716. The fourth-order valence-electron chi connectivity index (χ4n) is 2.63. The minimum atomic E-state index is -0.874. The van der Waals surface area contributed by atoms with Gasteiger partial charge in [-0.25, -0.2) is 4.79 Å². The van der Waals surface area contributed by atoms with Crippen molar-refractivity contribution in [2.75, 3.05) is 12.4 Å². The molecule has 0 atom stereocenters. The number of hydrogen-bond donors (Lipinski definition) is 1. The van der Waals surface area contributed by atoms with E-state index in [1.165, 1.54) is 18.2 Å². The largest absolute Gasteiger partial charge is 0.465 e. The Bertz CT molecular complexity index is 1210. The van der Waals surface area contributed by atoms with Gasteiger partial charge in [-0.15, -0.1) is 0 Å². The number of halogens is 3. The highest BCUT2D eigenvalue weighted by molar-refractivity contribution is 6.43. The van der Waals surface area contributed by atoms with Crippen molar-refractivity contribution in [3.63, 3.8) is 0 Å². The fourth-order valence-corrected chi connectivity index (χ4v) is 3.20. The van der Waals surface area contributed by atoms with Crippen molar-refractivity contribution < 1.29 is 24.0 Å². The van der Waals surface area contributed by atoms with E-state index in [-0.39, 0.29) is 21.2 Å². The lowest BCUT2D eigenvalue weighted by Gasteiger charge is -2.10. The van der Waals surface area contributed by atoms with Gasteiger partial charge in [0.1, 0.15) is 17.1 Å². The van der Waals surface area contributed by atoms with E-state index in [9.17, 15) is 19.7 Å². The molecule has 0 aliphatic heterocycles. The minimum Gasteiger partial charge on any atom is -0.465 e. The Labute approximate surface area is 196 Å². The van der Waals surface area contributed by atoms with Crippen LogP contribution >= 0.6 is 34.8 Å². The second kappa shape index (κ2) is 9.86. The molecule has 8 nitrogen and oxygen atoms in total. The quantitative estimate of drug-likeness (QED) is 0.184. The van der Waals surface area contributed by atoms with Gasteiger partial charge in [0.2, 0.25) is 0 Å². The number of nitro groups is 1. The predicted molar refractivity (Wildman–Crippen MR) is 120 cm³/mol. The van der Waals surface area contributed by atoms with Gasteiger partial charge >= 0.3 is 5.97 Å². The summed E-state index contributed by atoms with van der Waals surface area (Å²) in [6.07, 6.45) is 0. The molecule has 0 aromatic heterocycles. The van der Waals surface area contributed by atoms with Crippen LogP contribution in [0.3, 0.4) is 0 Å². The first-order valence-corrected chi connectivity index (χ1v) is 9.93. The van der Waals surface area contributed by atoms with Crippen LogP contribution in [0, 0.1) is 10.1 Å². The maximum Gasteiger partial charge on any atom is 0.344 e. The number of amides is 1. The van der Waals surface area contributed by atoms with E-state index in [0.29, 0.717) is 22.2 Å². The number of methoxy groups -OCH3 is 1. The highest BCUT2D eigenvalue weighted by atomic mass is 35.5. The predicted octanol–water partition coefficient (Wildman–Crippen LogP) is 6.39. The Morgan fingerprint density at radius 2 is 1.59 bits per heavy atom. The normalized spacial score (nSPS) is 10.4. The number of nitro benzene ring substituents is 1. The van der Waals surface area contributed by atoms with E-state index in [4.69, 9.17) is 39.5 Å². The number of nitrogens with zero attached hydrogens (tertiary/aromatic N) is 1. The maximum absolute atomic E-state index is 12.5. The van der Waals surface area contributed by atoms with Crippen LogP contribution in [0.4, 0.5) is 11.4 Å². The van der Waals surface area contributed by atoms with Crippen molar-refractivity contribution in [1.82, 2.24) is 0 Å². The van der Waals surface area contributed by atoms with Crippen molar-refractivity contribution in [3.8, 4) is 11.5 Å². The number of carbonyl (C=O) groups is 2. The number of hydrogen-bond acceptors (Lipinski definition) is 6. The van der Waals surface area contributed by atoms with E-state index < -0.39 is 22.5 Å². The Morgan fingerprint density at radius 3 is 2.22 bits per heavy atom. The Morgan fingerprint density at radius 1 is 0.938 bits per heavy atom. The molecule has 0 spiro atoms. The first kappa shape index (κ1) is 23.3. The molecule has 0 aliphatic carbocycles. The second-order valence-corrected chi connectivity index (χ2v) is 7.48. The number of carbonyl (C=O) groups excluding carboxylic acids is 2. The number of ether oxygens (including phenoxy) is 2. The van der Waals surface area contributed by atoms with Gasteiger partial charge < -0.3 is 14.8 Å². The van der Waals surface area contributed by atoms with Crippen molar-refractivity contribution in [2.24, 2.45) is 0 Å². The third-order valence-electron chi connectivity index (χ3n) is 4.18. The lowest BCUT2D eigenvalue weighted by molar-refractivity contribution is -0.385. The Balaban J connectivity index is 1.75. The second-order valence-electron chi connectivity index (χ2n) is 6.26. The number of benzene rings is 3. The molecular formula is C21H13Cl3N2O6. The topological polar surface area (TPSA) is 108 Å². The van der Waals surface area contributed by atoms with E-state index >= 15 is 0 Å². The van der Waals surface area contributed by atoms with E-state index in [1.807, 2.05) is 0 Å². The van der Waals surface area contributed by atoms with Crippen molar-refractivity contribution in [3.05, 3.63) is 90.9 Å². The van der Waals surface area contributed by atoms with Crippen molar-refractivity contribution >= 4 is 58.1 Å². The maximum atomic E-state index is 12.5. The summed E-state index contributed by atoms with van der Waals surface area (Å²) in [5, 5.41) is 14.7. The Hall–Kier alpha value is -3.33. The average molecular weight is 496 g/mol. The van der Waals surface area contributed by atoms with Gasteiger partial charge in [-0.05, 0) is 42.5 Å². The van der Waals surface area contributed by atoms with E-state index in [1.54, 1.807) is 24.3 Å². The molecule has 0 heterocycles. The molecule has 1 N–H and O–H groups in total. The molecule has 1 amide bonds. The molecule has 11 heteroatoms.